The van der Waals surface area contributed by atoms with Gasteiger partial charge in [0.05, 0.1) is 17.3 Å². The number of benzene rings is 1. The molecule has 1 saturated carbocycles. The zero-order valence-electron chi connectivity index (χ0n) is 12.2. The van der Waals surface area contributed by atoms with Crippen LogP contribution < -0.4 is 10.5 Å². The first kappa shape index (κ1) is 13.8. The summed E-state index contributed by atoms with van der Waals surface area (Å²) in [6.45, 7) is 3.04. The molecule has 0 aliphatic heterocycles. The van der Waals surface area contributed by atoms with Gasteiger partial charge in [-0.15, -0.1) is 11.3 Å². The van der Waals surface area contributed by atoms with Crippen LogP contribution in [0.4, 0.5) is 0 Å². The Labute approximate surface area is 124 Å². The highest BCUT2D eigenvalue weighted by Gasteiger charge is 2.37. The Morgan fingerprint density at radius 1 is 1.40 bits per heavy atom. The molecule has 1 aromatic heterocycles. The van der Waals surface area contributed by atoms with Crippen molar-refractivity contribution in [3.8, 4) is 5.75 Å². The van der Waals surface area contributed by atoms with Gasteiger partial charge in [0.1, 0.15) is 10.8 Å². The van der Waals surface area contributed by atoms with E-state index in [1.165, 1.54) is 35.4 Å². The summed E-state index contributed by atoms with van der Waals surface area (Å²) in [4.78, 5) is 4.86. The second kappa shape index (κ2) is 5.34. The monoisotopic (exact) mass is 290 g/mol. The maximum atomic E-state index is 6.14. The Hall–Kier alpha value is -1.13. The number of thiazole rings is 1. The molecular weight excluding hydrogens is 268 g/mol. The molecule has 0 amide bonds. The second-order valence-electron chi connectivity index (χ2n) is 6.02. The first-order valence-electron chi connectivity index (χ1n) is 7.32. The molecule has 1 heterocycles. The van der Waals surface area contributed by atoms with E-state index in [4.69, 9.17) is 15.5 Å². The van der Waals surface area contributed by atoms with E-state index in [2.05, 4.69) is 13.0 Å². The lowest BCUT2D eigenvalue weighted by Gasteiger charge is -2.36. The Bertz CT molecular complexity index is 600. The largest absolute Gasteiger partial charge is 0.497 e. The summed E-state index contributed by atoms with van der Waals surface area (Å²) in [7, 11) is 1.70. The number of hydrogen-bond donors (Lipinski definition) is 1. The number of methoxy groups -OCH3 is 1. The second-order valence-corrected chi connectivity index (χ2v) is 7.05. The van der Waals surface area contributed by atoms with Gasteiger partial charge < -0.3 is 10.5 Å². The molecule has 0 atom stereocenters. The molecule has 0 spiro atoms. The molecule has 0 saturated heterocycles. The van der Waals surface area contributed by atoms with Crippen LogP contribution in [-0.4, -0.2) is 18.6 Å². The topological polar surface area (TPSA) is 48.1 Å². The molecule has 1 fully saturated rings. The molecule has 2 N–H and O–H groups in total. The molecule has 1 aromatic carbocycles. The minimum atomic E-state index is 0.101. The van der Waals surface area contributed by atoms with Gasteiger partial charge in [0.25, 0.3) is 0 Å². The predicted octanol–water partition coefficient (Wildman–Crippen LogP) is 3.71. The summed E-state index contributed by atoms with van der Waals surface area (Å²) in [5.74, 6) is 1.72. The van der Waals surface area contributed by atoms with Crippen molar-refractivity contribution in [1.29, 1.82) is 0 Å². The Balaban J connectivity index is 1.99. The quantitative estimate of drug-likeness (QED) is 0.937. The first-order valence-corrected chi connectivity index (χ1v) is 8.14. The summed E-state index contributed by atoms with van der Waals surface area (Å²) in [6, 6.07) is 6.10. The lowest BCUT2D eigenvalue weighted by molar-refractivity contribution is 0.247. The van der Waals surface area contributed by atoms with Crippen LogP contribution in [0.3, 0.4) is 0 Å². The van der Waals surface area contributed by atoms with E-state index in [-0.39, 0.29) is 5.41 Å². The van der Waals surface area contributed by atoms with E-state index in [9.17, 15) is 0 Å². The predicted molar refractivity (Wildman–Crippen MR) is 84.5 cm³/mol. The van der Waals surface area contributed by atoms with Crippen LogP contribution in [0.1, 0.15) is 37.6 Å². The van der Waals surface area contributed by atoms with E-state index in [1.54, 1.807) is 18.4 Å². The highest BCUT2D eigenvalue weighted by atomic mass is 32.1. The van der Waals surface area contributed by atoms with Crippen LogP contribution >= 0.6 is 11.3 Å². The molecule has 1 aliphatic carbocycles. The smallest absolute Gasteiger partial charge is 0.120 e. The molecule has 1 aliphatic rings. The number of hydrogen-bond acceptors (Lipinski definition) is 4. The summed E-state index contributed by atoms with van der Waals surface area (Å²) in [5.41, 5.74) is 7.30. The highest BCUT2D eigenvalue weighted by Crippen LogP contribution is 2.43. The van der Waals surface area contributed by atoms with Crippen LogP contribution in [0.2, 0.25) is 0 Å². The Kier molecular flexibility index (Phi) is 3.69. The fraction of sp³-hybridized carbons (Fsp3) is 0.562. The van der Waals surface area contributed by atoms with Crippen LogP contribution in [0.25, 0.3) is 10.2 Å². The van der Waals surface area contributed by atoms with Gasteiger partial charge >= 0.3 is 0 Å². The van der Waals surface area contributed by atoms with Crippen molar-refractivity contribution in [1.82, 2.24) is 4.98 Å². The molecule has 3 rings (SSSR count). The van der Waals surface area contributed by atoms with Crippen LogP contribution in [0, 0.1) is 5.92 Å². The van der Waals surface area contributed by atoms with Gasteiger partial charge in [-0.05, 0) is 49.8 Å². The SMILES string of the molecule is COc1ccc2nc(C3(CN)CCC(C)CC3)sc2c1. The average molecular weight is 290 g/mol. The van der Waals surface area contributed by atoms with E-state index >= 15 is 0 Å². The lowest BCUT2D eigenvalue weighted by Crippen LogP contribution is -2.38. The number of ether oxygens (including phenoxy) is 1. The molecule has 0 bridgehead atoms. The fourth-order valence-corrected chi connectivity index (χ4v) is 4.33. The van der Waals surface area contributed by atoms with Crippen molar-refractivity contribution in [3.63, 3.8) is 0 Å². The van der Waals surface area contributed by atoms with Gasteiger partial charge in [-0.2, -0.15) is 0 Å². The van der Waals surface area contributed by atoms with E-state index in [0.29, 0.717) is 6.54 Å². The number of aromatic nitrogens is 1. The summed E-state index contributed by atoms with van der Waals surface area (Å²) >= 11 is 1.79. The van der Waals surface area contributed by atoms with Crippen molar-refractivity contribution in [2.24, 2.45) is 11.7 Å². The Morgan fingerprint density at radius 3 is 2.80 bits per heavy atom. The van der Waals surface area contributed by atoms with Gasteiger partial charge in [-0.1, -0.05) is 6.92 Å². The molecule has 0 radical (unpaired) electrons. The van der Waals surface area contributed by atoms with Gasteiger partial charge in [-0.25, -0.2) is 4.98 Å². The van der Waals surface area contributed by atoms with Gasteiger partial charge in [0.15, 0.2) is 0 Å². The van der Waals surface area contributed by atoms with E-state index < -0.39 is 0 Å². The van der Waals surface area contributed by atoms with Crippen LogP contribution in [-0.2, 0) is 5.41 Å². The molecule has 2 aromatic rings. The minimum absolute atomic E-state index is 0.101. The van der Waals surface area contributed by atoms with Crippen molar-refractivity contribution < 1.29 is 4.74 Å². The zero-order valence-corrected chi connectivity index (χ0v) is 13.0. The van der Waals surface area contributed by atoms with Crippen LogP contribution in [0.15, 0.2) is 18.2 Å². The lowest BCUT2D eigenvalue weighted by atomic mass is 9.71. The van der Waals surface area contributed by atoms with Crippen molar-refractivity contribution in [2.75, 3.05) is 13.7 Å². The molecule has 20 heavy (non-hydrogen) atoms. The molecule has 108 valence electrons. The zero-order chi connectivity index (χ0) is 14.2. The van der Waals surface area contributed by atoms with E-state index in [0.717, 1.165) is 17.2 Å². The molecule has 3 nitrogen and oxygen atoms in total. The summed E-state index contributed by atoms with van der Waals surface area (Å²) < 4.78 is 6.50. The maximum absolute atomic E-state index is 6.14. The van der Waals surface area contributed by atoms with Crippen molar-refractivity contribution >= 4 is 21.6 Å². The third kappa shape index (κ3) is 2.31. The van der Waals surface area contributed by atoms with Crippen LogP contribution in [0.5, 0.6) is 5.75 Å². The molecular formula is C16H22N2OS. The van der Waals surface area contributed by atoms with Gasteiger partial charge in [0.2, 0.25) is 0 Å². The fourth-order valence-electron chi connectivity index (χ4n) is 3.08. The number of rotatable bonds is 3. The Morgan fingerprint density at radius 2 is 2.15 bits per heavy atom. The third-order valence-corrected chi connectivity index (χ3v) is 5.94. The minimum Gasteiger partial charge on any atom is -0.497 e. The van der Waals surface area contributed by atoms with Crippen molar-refractivity contribution in [2.45, 2.75) is 38.0 Å². The van der Waals surface area contributed by atoms with Gasteiger partial charge in [0, 0.05) is 12.0 Å². The average Bonchev–Trinajstić information content (AvgIpc) is 2.91. The number of nitrogens with zero attached hydrogens (tertiary/aromatic N) is 1. The summed E-state index contributed by atoms with van der Waals surface area (Å²) in [6.07, 6.45) is 4.86. The third-order valence-electron chi connectivity index (χ3n) is 4.67. The summed E-state index contributed by atoms with van der Waals surface area (Å²) in [5, 5.41) is 1.22. The molecule has 0 unspecified atom stereocenters. The van der Waals surface area contributed by atoms with Gasteiger partial charge in [-0.3, -0.25) is 0 Å². The van der Waals surface area contributed by atoms with E-state index in [1.807, 2.05) is 12.1 Å². The first-order chi connectivity index (χ1) is 9.66. The van der Waals surface area contributed by atoms with Crippen molar-refractivity contribution in [3.05, 3.63) is 23.2 Å². The standard InChI is InChI=1S/C16H22N2OS/c1-11-5-7-16(10-17,8-6-11)15-18-13-4-3-12(19-2)9-14(13)20-15/h3-4,9,11H,5-8,10,17H2,1-2H3. The molecule has 4 heteroatoms. The maximum Gasteiger partial charge on any atom is 0.120 e. The number of nitrogens with two attached hydrogens (primary N) is 1. The highest BCUT2D eigenvalue weighted by molar-refractivity contribution is 7.18. The normalized spacial score (nSPS) is 26.9. The number of fused-ring (bicyclic) bond motifs is 1.